The first kappa shape index (κ1) is 9.33. The molecule has 15 heavy (non-hydrogen) atoms. The topological polar surface area (TPSA) is 51.0 Å². The van der Waals surface area contributed by atoms with Crippen LogP contribution >= 0.6 is 0 Å². The lowest BCUT2D eigenvalue weighted by Crippen LogP contribution is -2.40. The summed E-state index contributed by atoms with van der Waals surface area (Å²) in [5.74, 6) is 2.82. The zero-order valence-electron chi connectivity index (χ0n) is 8.91. The van der Waals surface area contributed by atoms with Crippen LogP contribution in [-0.2, 0) is 0 Å². The maximum absolute atomic E-state index is 5.37. The molecular formula is C11H17N3O. The summed E-state index contributed by atoms with van der Waals surface area (Å²) in [5, 5.41) is 7.31. The number of nitrogens with one attached hydrogen (secondary N) is 1. The highest BCUT2D eigenvalue weighted by molar-refractivity contribution is 5.04. The average Bonchev–Trinajstić information content (AvgIpc) is 2.66. The highest BCUT2D eigenvalue weighted by atomic mass is 16.5. The molecule has 1 saturated carbocycles. The summed E-state index contributed by atoms with van der Waals surface area (Å²) < 4.78 is 5.37. The van der Waals surface area contributed by atoms with Crippen molar-refractivity contribution in [3.8, 4) is 0 Å². The summed E-state index contributed by atoms with van der Waals surface area (Å²) in [6.07, 6.45) is 6.44. The maximum atomic E-state index is 5.37. The molecule has 0 bridgehead atoms. The third-order valence-electron chi connectivity index (χ3n) is 3.56. The van der Waals surface area contributed by atoms with Gasteiger partial charge in [0.05, 0.1) is 0 Å². The number of hydrogen-bond acceptors (Lipinski definition) is 4. The van der Waals surface area contributed by atoms with Gasteiger partial charge in [0.1, 0.15) is 0 Å². The minimum absolute atomic E-state index is 0.492. The second-order valence-corrected chi connectivity index (χ2v) is 4.68. The van der Waals surface area contributed by atoms with E-state index in [9.17, 15) is 0 Å². The molecule has 0 aromatic carbocycles. The zero-order valence-corrected chi connectivity index (χ0v) is 8.91. The monoisotopic (exact) mass is 207 g/mol. The van der Waals surface area contributed by atoms with Crippen LogP contribution in [-0.4, -0.2) is 23.2 Å². The van der Waals surface area contributed by atoms with Crippen LogP contribution in [0.3, 0.4) is 0 Å². The van der Waals surface area contributed by atoms with Crippen LogP contribution in [0.1, 0.15) is 55.7 Å². The van der Waals surface area contributed by atoms with E-state index in [0.29, 0.717) is 11.8 Å². The van der Waals surface area contributed by atoms with Crippen molar-refractivity contribution in [3.63, 3.8) is 0 Å². The first-order chi connectivity index (χ1) is 7.43. The van der Waals surface area contributed by atoms with Crippen molar-refractivity contribution in [1.29, 1.82) is 0 Å². The highest BCUT2D eigenvalue weighted by Crippen LogP contribution is 2.32. The average molecular weight is 207 g/mol. The molecule has 1 aromatic rings. The SMILES string of the molecule is C1CCC(c2nc(C3CNC3)no2)CC1. The van der Waals surface area contributed by atoms with Gasteiger partial charge in [0.2, 0.25) is 5.89 Å². The summed E-state index contributed by atoms with van der Waals surface area (Å²) in [6, 6.07) is 0. The summed E-state index contributed by atoms with van der Waals surface area (Å²) in [4.78, 5) is 4.54. The van der Waals surface area contributed by atoms with Gasteiger partial charge in [0, 0.05) is 24.9 Å². The molecule has 0 unspecified atom stereocenters. The Hall–Kier alpha value is -0.900. The van der Waals surface area contributed by atoms with Crippen LogP contribution in [0.4, 0.5) is 0 Å². The van der Waals surface area contributed by atoms with Gasteiger partial charge in [0.15, 0.2) is 5.82 Å². The van der Waals surface area contributed by atoms with Gasteiger partial charge in [-0.15, -0.1) is 0 Å². The number of hydrogen-bond donors (Lipinski definition) is 1. The summed E-state index contributed by atoms with van der Waals surface area (Å²) in [5.41, 5.74) is 0. The molecule has 0 spiro atoms. The Labute approximate surface area is 89.4 Å². The van der Waals surface area contributed by atoms with Crippen LogP contribution < -0.4 is 5.32 Å². The molecule has 2 fully saturated rings. The zero-order chi connectivity index (χ0) is 10.1. The van der Waals surface area contributed by atoms with E-state index in [0.717, 1.165) is 24.8 Å². The molecule has 4 heteroatoms. The van der Waals surface area contributed by atoms with Crippen LogP contribution in [0.25, 0.3) is 0 Å². The van der Waals surface area contributed by atoms with E-state index in [2.05, 4.69) is 15.5 Å². The molecule has 0 atom stereocenters. The van der Waals surface area contributed by atoms with E-state index < -0.39 is 0 Å². The van der Waals surface area contributed by atoms with Crippen molar-refractivity contribution in [3.05, 3.63) is 11.7 Å². The van der Waals surface area contributed by atoms with E-state index in [1.165, 1.54) is 32.1 Å². The molecule has 0 amide bonds. The fourth-order valence-electron chi connectivity index (χ4n) is 2.40. The van der Waals surface area contributed by atoms with Gasteiger partial charge in [-0.2, -0.15) is 4.98 Å². The lowest BCUT2D eigenvalue weighted by Gasteiger charge is -2.23. The Morgan fingerprint density at radius 1 is 1.07 bits per heavy atom. The third-order valence-corrected chi connectivity index (χ3v) is 3.56. The van der Waals surface area contributed by atoms with Gasteiger partial charge >= 0.3 is 0 Å². The lowest BCUT2D eigenvalue weighted by atomic mass is 9.89. The quantitative estimate of drug-likeness (QED) is 0.803. The molecule has 2 aliphatic rings. The third kappa shape index (κ3) is 1.78. The van der Waals surface area contributed by atoms with Crippen molar-refractivity contribution < 1.29 is 4.52 Å². The molecule has 1 saturated heterocycles. The minimum atomic E-state index is 0.492. The van der Waals surface area contributed by atoms with E-state index in [4.69, 9.17) is 4.52 Å². The van der Waals surface area contributed by atoms with Gasteiger partial charge in [0.25, 0.3) is 0 Å². The van der Waals surface area contributed by atoms with E-state index in [-0.39, 0.29) is 0 Å². The minimum Gasteiger partial charge on any atom is -0.339 e. The highest BCUT2D eigenvalue weighted by Gasteiger charge is 2.27. The molecule has 4 nitrogen and oxygen atoms in total. The number of rotatable bonds is 2. The van der Waals surface area contributed by atoms with Crippen molar-refractivity contribution >= 4 is 0 Å². The predicted molar refractivity (Wildman–Crippen MR) is 55.7 cm³/mol. The molecule has 1 aliphatic carbocycles. The van der Waals surface area contributed by atoms with Crippen molar-refractivity contribution in [1.82, 2.24) is 15.5 Å². The summed E-state index contributed by atoms with van der Waals surface area (Å²) in [7, 11) is 0. The molecule has 1 N–H and O–H groups in total. The standard InChI is InChI=1S/C11H17N3O/c1-2-4-8(5-3-1)11-13-10(14-15-11)9-6-12-7-9/h8-9,12H,1-7H2. The Morgan fingerprint density at radius 3 is 2.53 bits per heavy atom. The molecule has 1 aromatic heterocycles. The molecule has 1 aliphatic heterocycles. The normalized spacial score (nSPS) is 24.0. The molecule has 3 rings (SSSR count). The maximum Gasteiger partial charge on any atom is 0.229 e. The fourth-order valence-corrected chi connectivity index (χ4v) is 2.40. The largest absolute Gasteiger partial charge is 0.339 e. The molecule has 82 valence electrons. The van der Waals surface area contributed by atoms with Crippen LogP contribution in [0.15, 0.2) is 4.52 Å². The van der Waals surface area contributed by atoms with Crippen molar-refractivity contribution in [2.45, 2.75) is 43.9 Å². The predicted octanol–water partition coefficient (Wildman–Crippen LogP) is 1.80. The Bertz CT molecular complexity index is 326. The van der Waals surface area contributed by atoms with Gasteiger partial charge in [-0.25, -0.2) is 0 Å². The number of aromatic nitrogens is 2. The van der Waals surface area contributed by atoms with Crippen molar-refractivity contribution in [2.75, 3.05) is 13.1 Å². The van der Waals surface area contributed by atoms with Crippen molar-refractivity contribution in [2.24, 2.45) is 0 Å². The van der Waals surface area contributed by atoms with Gasteiger partial charge in [-0.3, -0.25) is 0 Å². The lowest BCUT2D eigenvalue weighted by molar-refractivity contribution is 0.308. The van der Waals surface area contributed by atoms with Gasteiger partial charge < -0.3 is 9.84 Å². The van der Waals surface area contributed by atoms with E-state index in [1.807, 2.05) is 0 Å². The molecule has 0 radical (unpaired) electrons. The summed E-state index contributed by atoms with van der Waals surface area (Å²) >= 11 is 0. The van der Waals surface area contributed by atoms with Crippen LogP contribution in [0, 0.1) is 0 Å². The van der Waals surface area contributed by atoms with E-state index >= 15 is 0 Å². The number of nitrogens with zero attached hydrogens (tertiary/aromatic N) is 2. The first-order valence-corrected chi connectivity index (χ1v) is 5.97. The Balaban J connectivity index is 1.71. The fraction of sp³-hybridized carbons (Fsp3) is 0.818. The second kappa shape index (κ2) is 3.93. The smallest absolute Gasteiger partial charge is 0.229 e. The Kier molecular flexibility index (Phi) is 2.44. The molecular weight excluding hydrogens is 190 g/mol. The van der Waals surface area contributed by atoms with Crippen LogP contribution in [0.5, 0.6) is 0 Å². The van der Waals surface area contributed by atoms with E-state index in [1.54, 1.807) is 0 Å². The van der Waals surface area contributed by atoms with Gasteiger partial charge in [-0.05, 0) is 12.8 Å². The summed E-state index contributed by atoms with van der Waals surface area (Å²) in [6.45, 7) is 2.01. The first-order valence-electron chi connectivity index (χ1n) is 5.97. The van der Waals surface area contributed by atoms with Crippen LogP contribution in [0.2, 0.25) is 0 Å². The van der Waals surface area contributed by atoms with Gasteiger partial charge in [-0.1, -0.05) is 24.4 Å². The second-order valence-electron chi connectivity index (χ2n) is 4.68. The Morgan fingerprint density at radius 2 is 1.87 bits per heavy atom. The molecule has 2 heterocycles.